The molecule has 11 heteroatoms. The number of ether oxygens (including phenoxy) is 2. The number of carbonyl (C=O) groups excluding carboxylic acids is 1. The highest BCUT2D eigenvalue weighted by atomic mass is 32.2. The normalized spacial score (nSPS) is 14.0. The SMILES string of the molecule is CCCn1c(SC(C)C(=O)Nc2ccc3c(c2)OCO3)nc2cc(S(N)(=O)=O)ccc21. The summed E-state index contributed by atoms with van der Waals surface area (Å²) >= 11 is 1.31. The Labute approximate surface area is 184 Å². The van der Waals surface area contributed by atoms with Gasteiger partial charge >= 0.3 is 0 Å². The minimum atomic E-state index is -3.83. The third-order valence-electron chi connectivity index (χ3n) is 4.75. The summed E-state index contributed by atoms with van der Waals surface area (Å²) < 4.78 is 36.0. The van der Waals surface area contributed by atoms with Gasteiger partial charge in [0.1, 0.15) is 0 Å². The first-order valence-electron chi connectivity index (χ1n) is 9.66. The predicted molar refractivity (Wildman–Crippen MR) is 118 cm³/mol. The number of primary sulfonamides is 1. The molecule has 1 aliphatic rings. The monoisotopic (exact) mass is 462 g/mol. The van der Waals surface area contributed by atoms with Gasteiger partial charge in [0.15, 0.2) is 16.7 Å². The molecule has 2 heterocycles. The lowest BCUT2D eigenvalue weighted by atomic mass is 10.2. The number of nitrogens with zero attached hydrogens (tertiary/aromatic N) is 2. The van der Waals surface area contributed by atoms with Crippen molar-refractivity contribution < 1.29 is 22.7 Å². The number of rotatable bonds is 7. The Hall–Kier alpha value is -2.76. The van der Waals surface area contributed by atoms with Crippen molar-refractivity contribution in [3.05, 3.63) is 36.4 Å². The number of fused-ring (bicyclic) bond motifs is 2. The van der Waals surface area contributed by atoms with Gasteiger partial charge in [-0.3, -0.25) is 4.79 Å². The van der Waals surface area contributed by atoms with Crippen molar-refractivity contribution in [2.75, 3.05) is 12.1 Å². The van der Waals surface area contributed by atoms with Crippen LogP contribution in [-0.2, 0) is 21.4 Å². The van der Waals surface area contributed by atoms with E-state index in [1.807, 2.05) is 11.5 Å². The quantitative estimate of drug-likeness (QED) is 0.517. The molecule has 0 fully saturated rings. The summed E-state index contributed by atoms with van der Waals surface area (Å²) in [7, 11) is -3.83. The molecule has 164 valence electrons. The summed E-state index contributed by atoms with van der Waals surface area (Å²) in [6.45, 7) is 4.68. The van der Waals surface area contributed by atoms with E-state index < -0.39 is 15.3 Å². The maximum absolute atomic E-state index is 12.8. The lowest BCUT2D eigenvalue weighted by molar-refractivity contribution is -0.115. The average Bonchev–Trinajstić information content (AvgIpc) is 3.31. The van der Waals surface area contributed by atoms with Gasteiger partial charge in [0.05, 0.1) is 21.2 Å². The number of nitrogens with two attached hydrogens (primary N) is 1. The first kappa shape index (κ1) is 21.5. The molecule has 4 rings (SSSR count). The van der Waals surface area contributed by atoms with Gasteiger partial charge < -0.3 is 19.4 Å². The Morgan fingerprint density at radius 3 is 2.77 bits per heavy atom. The molecule has 0 aliphatic carbocycles. The van der Waals surface area contributed by atoms with Gasteiger partial charge in [0.2, 0.25) is 22.7 Å². The molecule has 1 atom stereocenters. The zero-order valence-corrected chi connectivity index (χ0v) is 18.6. The second-order valence-electron chi connectivity index (χ2n) is 7.06. The first-order chi connectivity index (χ1) is 14.8. The molecule has 1 amide bonds. The standard InChI is InChI=1S/C20H22N4O5S2/c1-3-8-24-16-6-5-14(31(21,26)27)10-15(16)23-20(24)30-12(2)19(25)22-13-4-7-17-18(9-13)29-11-28-17/h4-7,9-10,12H,3,8,11H2,1-2H3,(H,22,25)(H2,21,26,27). The van der Waals surface area contributed by atoms with E-state index in [1.54, 1.807) is 31.2 Å². The molecular weight excluding hydrogens is 440 g/mol. The van der Waals surface area contributed by atoms with Gasteiger partial charge in [-0.2, -0.15) is 0 Å². The summed E-state index contributed by atoms with van der Waals surface area (Å²) in [6, 6.07) is 9.84. The van der Waals surface area contributed by atoms with E-state index in [9.17, 15) is 13.2 Å². The van der Waals surface area contributed by atoms with Gasteiger partial charge in [-0.1, -0.05) is 18.7 Å². The Bertz CT molecular complexity index is 1260. The molecule has 2 aromatic carbocycles. The number of benzene rings is 2. The Kier molecular flexibility index (Phi) is 5.82. The minimum absolute atomic E-state index is 0.00583. The molecule has 1 aliphatic heterocycles. The van der Waals surface area contributed by atoms with Crippen molar-refractivity contribution in [3.63, 3.8) is 0 Å². The lowest BCUT2D eigenvalue weighted by Gasteiger charge is -2.13. The van der Waals surface area contributed by atoms with Crippen LogP contribution in [0, 0.1) is 0 Å². The molecule has 0 saturated heterocycles. The topological polar surface area (TPSA) is 126 Å². The van der Waals surface area contributed by atoms with E-state index in [0.717, 1.165) is 11.9 Å². The number of carbonyl (C=O) groups is 1. The van der Waals surface area contributed by atoms with Crippen molar-refractivity contribution in [3.8, 4) is 11.5 Å². The van der Waals surface area contributed by atoms with E-state index in [4.69, 9.17) is 14.6 Å². The molecule has 0 bridgehead atoms. The van der Waals surface area contributed by atoms with Gasteiger partial charge in [-0.15, -0.1) is 0 Å². The Morgan fingerprint density at radius 2 is 2.03 bits per heavy atom. The first-order valence-corrected chi connectivity index (χ1v) is 12.1. The zero-order chi connectivity index (χ0) is 22.2. The summed E-state index contributed by atoms with van der Waals surface area (Å²) in [6.07, 6.45) is 0.855. The minimum Gasteiger partial charge on any atom is -0.454 e. The molecule has 1 unspecified atom stereocenters. The lowest BCUT2D eigenvalue weighted by Crippen LogP contribution is -2.22. The second kappa shape index (κ2) is 8.40. The maximum Gasteiger partial charge on any atom is 0.238 e. The van der Waals surface area contributed by atoms with Crippen LogP contribution in [0.2, 0.25) is 0 Å². The van der Waals surface area contributed by atoms with Crippen LogP contribution in [0.3, 0.4) is 0 Å². The van der Waals surface area contributed by atoms with Crippen LogP contribution in [0.25, 0.3) is 11.0 Å². The molecule has 0 saturated carbocycles. The van der Waals surface area contributed by atoms with Crippen LogP contribution < -0.4 is 19.9 Å². The summed E-state index contributed by atoms with van der Waals surface area (Å²) in [5.74, 6) is 1.05. The van der Waals surface area contributed by atoms with Crippen molar-refractivity contribution in [1.82, 2.24) is 9.55 Å². The van der Waals surface area contributed by atoms with E-state index in [-0.39, 0.29) is 17.6 Å². The summed E-state index contributed by atoms with van der Waals surface area (Å²) in [4.78, 5) is 17.3. The van der Waals surface area contributed by atoms with E-state index in [1.165, 1.54) is 23.9 Å². The number of anilines is 1. The van der Waals surface area contributed by atoms with Gasteiger partial charge in [-0.05, 0) is 43.7 Å². The molecule has 3 aromatic rings. The number of aryl methyl sites for hydroxylation is 1. The number of hydrogen-bond acceptors (Lipinski definition) is 7. The van der Waals surface area contributed by atoms with E-state index >= 15 is 0 Å². The molecular formula is C20H22N4O5S2. The third kappa shape index (κ3) is 4.48. The fourth-order valence-corrected chi connectivity index (χ4v) is 4.71. The van der Waals surface area contributed by atoms with Crippen LogP contribution in [-0.4, -0.2) is 35.9 Å². The predicted octanol–water partition coefficient (Wildman–Crippen LogP) is 2.94. The molecule has 0 spiro atoms. The van der Waals surface area contributed by atoms with E-state index in [0.29, 0.717) is 34.4 Å². The van der Waals surface area contributed by atoms with Crippen LogP contribution in [0.15, 0.2) is 46.5 Å². The maximum atomic E-state index is 12.8. The largest absolute Gasteiger partial charge is 0.454 e. The second-order valence-corrected chi connectivity index (χ2v) is 9.93. The van der Waals surface area contributed by atoms with Crippen molar-refractivity contribution in [2.45, 2.75) is 42.1 Å². The number of imidazole rings is 1. The highest BCUT2D eigenvalue weighted by molar-refractivity contribution is 8.00. The fourth-order valence-electron chi connectivity index (χ4n) is 3.22. The number of sulfonamides is 1. The summed E-state index contributed by atoms with van der Waals surface area (Å²) in [5, 5.41) is 8.31. The highest BCUT2D eigenvalue weighted by Crippen LogP contribution is 2.35. The van der Waals surface area contributed by atoms with Crippen LogP contribution in [0.1, 0.15) is 20.3 Å². The number of hydrogen-bond donors (Lipinski definition) is 2. The Balaban J connectivity index is 1.56. The average molecular weight is 463 g/mol. The summed E-state index contributed by atoms with van der Waals surface area (Å²) in [5.41, 5.74) is 1.92. The van der Waals surface area contributed by atoms with Gasteiger partial charge in [0, 0.05) is 18.3 Å². The fraction of sp³-hybridized carbons (Fsp3) is 0.300. The van der Waals surface area contributed by atoms with Gasteiger partial charge in [-0.25, -0.2) is 18.5 Å². The van der Waals surface area contributed by atoms with Gasteiger partial charge in [0.25, 0.3) is 0 Å². The zero-order valence-electron chi connectivity index (χ0n) is 17.0. The van der Waals surface area contributed by atoms with Crippen LogP contribution in [0.5, 0.6) is 11.5 Å². The number of thioether (sulfide) groups is 1. The highest BCUT2D eigenvalue weighted by Gasteiger charge is 2.21. The molecule has 0 radical (unpaired) electrons. The van der Waals surface area contributed by atoms with Crippen LogP contribution in [0.4, 0.5) is 5.69 Å². The van der Waals surface area contributed by atoms with Crippen molar-refractivity contribution in [1.29, 1.82) is 0 Å². The van der Waals surface area contributed by atoms with Crippen molar-refractivity contribution >= 4 is 44.4 Å². The number of aromatic nitrogens is 2. The van der Waals surface area contributed by atoms with Crippen LogP contribution >= 0.6 is 11.8 Å². The number of nitrogens with one attached hydrogen (secondary N) is 1. The molecule has 31 heavy (non-hydrogen) atoms. The molecule has 1 aromatic heterocycles. The van der Waals surface area contributed by atoms with Crippen molar-refractivity contribution in [2.24, 2.45) is 5.14 Å². The molecule has 3 N–H and O–H groups in total. The molecule has 9 nitrogen and oxygen atoms in total. The smallest absolute Gasteiger partial charge is 0.238 e. The number of amides is 1. The third-order valence-corrected chi connectivity index (χ3v) is 6.75. The Morgan fingerprint density at radius 1 is 1.26 bits per heavy atom. The van der Waals surface area contributed by atoms with E-state index in [2.05, 4.69) is 10.3 Å².